The molecule has 1 atom stereocenters. The molecule has 1 saturated heterocycles. The van der Waals surface area contributed by atoms with Crippen LogP contribution in [0.25, 0.3) is 0 Å². The quantitative estimate of drug-likeness (QED) is 0.887. The van der Waals surface area contributed by atoms with Gasteiger partial charge >= 0.3 is 0 Å². The third-order valence-electron chi connectivity index (χ3n) is 3.99. The Bertz CT molecular complexity index is 434. The molecule has 3 rings (SSSR count). The van der Waals surface area contributed by atoms with Crippen molar-refractivity contribution in [2.75, 3.05) is 13.7 Å². The first-order chi connectivity index (χ1) is 8.71. The first-order valence-corrected chi connectivity index (χ1v) is 6.81. The molecule has 3 heteroatoms. The van der Waals surface area contributed by atoms with Gasteiger partial charge < -0.3 is 14.8 Å². The Morgan fingerprint density at radius 2 is 2.11 bits per heavy atom. The molecule has 1 N–H and O–H groups in total. The molecule has 0 spiro atoms. The maximum Gasteiger partial charge on any atom is 0.161 e. The van der Waals surface area contributed by atoms with Crippen molar-refractivity contribution < 1.29 is 9.47 Å². The molecule has 0 aromatic heterocycles. The van der Waals surface area contributed by atoms with Gasteiger partial charge in [-0.1, -0.05) is 6.07 Å². The van der Waals surface area contributed by atoms with Gasteiger partial charge in [0.05, 0.1) is 13.2 Å². The Hall–Kier alpha value is -1.22. The van der Waals surface area contributed by atoms with E-state index < -0.39 is 0 Å². The van der Waals surface area contributed by atoms with Crippen molar-refractivity contribution in [3.8, 4) is 11.5 Å². The predicted octanol–water partition coefficient (Wildman–Crippen LogP) is 2.84. The van der Waals surface area contributed by atoms with E-state index in [0.717, 1.165) is 18.0 Å². The summed E-state index contributed by atoms with van der Waals surface area (Å²) in [6.45, 7) is 3.37. The van der Waals surface area contributed by atoms with Crippen molar-refractivity contribution in [2.24, 2.45) is 0 Å². The highest BCUT2D eigenvalue weighted by atomic mass is 16.5. The molecule has 0 radical (unpaired) electrons. The third-order valence-corrected chi connectivity index (χ3v) is 3.99. The summed E-state index contributed by atoms with van der Waals surface area (Å²) in [5.41, 5.74) is 1.39. The van der Waals surface area contributed by atoms with E-state index in [1.54, 1.807) is 7.11 Å². The lowest BCUT2D eigenvalue weighted by molar-refractivity contribution is 0.280. The number of benzene rings is 1. The summed E-state index contributed by atoms with van der Waals surface area (Å²) in [7, 11) is 1.70. The number of ether oxygens (including phenoxy) is 2. The molecule has 1 aliphatic heterocycles. The van der Waals surface area contributed by atoms with Gasteiger partial charge in [-0.05, 0) is 56.8 Å². The van der Waals surface area contributed by atoms with Gasteiger partial charge in [0.15, 0.2) is 11.5 Å². The number of rotatable bonds is 4. The molecule has 18 heavy (non-hydrogen) atoms. The highest BCUT2D eigenvalue weighted by Crippen LogP contribution is 2.38. The summed E-state index contributed by atoms with van der Waals surface area (Å²) in [6, 6.07) is 6.32. The molecule has 0 bridgehead atoms. The van der Waals surface area contributed by atoms with Crippen molar-refractivity contribution >= 4 is 0 Å². The average Bonchev–Trinajstić information content (AvgIpc) is 3.08. The molecular formula is C15H21NO2. The van der Waals surface area contributed by atoms with E-state index in [9.17, 15) is 0 Å². The average molecular weight is 247 g/mol. The highest BCUT2D eigenvalue weighted by molar-refractivity contribution is 5.45. The third kappa shape index (κ3) is 2.19. The highest BCUT2D eigenvalue weighted by Gasteiger charge is 2.31. The summed E-state index contributed by atoms with van der Waals surface area (Å²) < 4.78 is 11.3. The fraction of sp³-hybridized carbons (Fsp3) is 0.600. The van der Waals surface area contributed by atoms with Crippen LogP contribution in [0.1, 0.15) is 38.2 Å². The molecular weight excluding hydrogens is 226 g/mol. The molecule has 98 valence electrons. The molecule has 1 unspecified atom stereocenters. The van der Waals surface area contributed by atoms with Crippen molar-refractivity contribution in [2.45, 2.75) is 44.2 Å². The van der Waals surface area contributed by atoms with Crippen LogP contribution in [0.15, 0.2) is 18.2 Å². The number of hydrogen-bond acceptors (Lipinski definition) is 3. The molecule has 2 fully saturated rings. The van der Waals surface area contributed by atoms with Crippen molar-refractivity contribution in [1.82, 2.24) is 5.32 Å². The van der Waals surface area contributed by atoms with E-state index in [2.05, 4.69) is 24.4 Å². The van der Waals surface area contributed by atoms with Crippen molar-refractivity contribution in [3.63, 3.8) is 0 Å². The van der Waals surface area contributed by atoms with Crippen LogP contribution >= 0.6 is 0 Å². The maximum atomic E-state index is 5.94. The van der Waals surface area contributed by atoms with Gasteiger partial charge in [0, 0.05) is 5.54 Å². The van der Waals surface area contributed by atoms with Crippen LogP contribution in [0, 0.1) is 0 Å². The van der Waals surface area contributed by atoms with Gasteiger partial charge in [-0.15, -0.1) is 0 Å². The molecule has 3 nitrogen and oxygen atoms in total. The molecule has 1 saturated carbocycles. The molecule has 2 aliphatic rings. The molecule has 1 aromatic carbocycles. The second kappa shape index (κ2) is 4.47. The Morgan fingerprint density at radius 1 is 1.28 bits per heavy atom. The van der Waals surface area contributed by atoms with Crippen LogP contribution in [-0.4, -0.2) is 19.8 Å². The van der Waals surface area contributed by atoms with Gasteiger partial charge in [-0.25, -0.2) is 0 Å². The van der Waals surface area contributed by atoms with Gasteiger partial charge in [0.2, 0.25) is 0 Å². The van der Waals surface area contributed by atoms with Gasteiger partial charge in [-0.3, -0.25) is 0 Å². The van der Waals surface area contributed by atoms with Crippen LogP contribution in [0.3, 0.4) is 0 Å². The molecule has 0 amide bonds. The van der Waals surface area contributed by atoms with Crippen LogP contribution in [0.5, 0.6) is 11.5 Å². The predicted molar refractivity (Wildman–Crippen MR) is 71.2 cm³/mol. The summed E-state index contributed by atoms with van der Waals surface area (Å²) in [5.74, 6) is 1.74. The van der Waals surface area contributed by atoms with Gasteiger partial charge in [0.25, 0.3) is 0 Å². The lowest BCUT2D eigenvalue weighted by Crippen LogP contribution is -2.33. The topological polar surface area (TPSA) is 30.5 Å². The minimum absolute atomic E-state index is 0.0912. The minimum atomic E-state index is 0.0912. The second-order valence-electron chi connectivity index (χ2n) is 5.55. The Morgan fingerprint density at radius 3 is 2.72 bits per heavy atom. The SMILES string of the molecule is COc1ccc(C2(C)CCCN2)cc1OC1CC1. The fourth-order valence-electron chi connectivity index (χ4n) is 2.62. The maximum absolute atomic E-state index is 5.94. The van der Waals surface area contributed by atoms with Crippen LogP contribution < -0.4 is 14.8 Å². The second-order valence-corrected chi connectivity index (χ2v) is 5.55. The smallest absolute Gasteiger partial charge is 0.161 e. The molecule has 1 aliphatic carbocycles. The lowest BCUT2D eigenvalue weighted by atomic mass is 9.90. The van der Waals surface area contributed by atoms with Gasteiger partial charge in [0.1, 0.15) is 0 Å². The largest absolute Gasteiger partial charge is 0.493 e. The first-order valence-electron chi connectivity index (χ1n) is 6.81. The molecule has 1 heterocycles. The van der Waals surface area contributed by atoms with E-state index in [1.165, 1.54) is 31.2 Å². The van der Waals surface area contributed by atoms with Crippen molar-refractivity contribution in [3.05, 3.63) is 23.8 Å². The first kappa shape index (κ1) is 11.8. The summed E-state index contributed by atoms with van der Waals surface area (Å²) in [6.07, 6.45) is 5.16. The normalized spacial score (nSPS) is 27.2. The fourth-order valence-corrected chi connectivity index (χ4v) is 2.62. The molecule has 1 aromatic rings. The van der Waals surface area contributed by atoms with Crippen LogP contribution in [0.2, 0.25) is 0 Å². The van der Waals surface area contributed by atoms with Crippen LogP contribution in [0.4, 0.5) is 0 Å². The minimum Gasteiger partial charge on any atom is -0.493 e. The van der Waals surface area contributed by atoms with Gasteiger partial charge in [-0.2, -0.15) is 0 Å². The Kier molecular flexibility index (Phi) is 2.94. The van der Waals surface area contributed by atoms with E-state index in [0.29, 0.717) is 6.10 Å². The summed E-state index contributed by atoms with van der Waals surface area (Å²) >= 11 is 0. The number of nitrogens with one attached hydrogen (secondary N) is 1. The van der Waals surface area contributed by atoms with Crippen LogP contribution in [-0.2, 0) is 5.54 Å². The van der Waals surface area contributed by atoms with Crippen molar-refractivity contribution in [1.29, 1.82) is 0 Å². The Labute approximate surface area is 108 Å². The monoisotopic (exact) mass is 247 g/mol. The van der Waals surface area contributed by atoms with E-state index in [1.807, 2.05) is 6.07 Å². The van der Waals surface area contributed by atoms with E-state index in [4.69, 9.17) is 9.47 Å². The zero-order chi connectivity index (χ0) is 12.6. The summed E-state index contributed by atoms with van der Waals surface area (Å²) in [5, 5.41) is 3.59. The standard InChI is InChI=1S/C15H21NO2/c1-15(8-3-9-16-15)11-4-7-13(17-2)14(10-11)18-12-5-6-12/h4,7,10,12,16H,3,5-6,8-9H2,1-2H3. The Balaban J connectivity index is 1.90. The number of methoxy groups -OCH3 is 1. The number of hydrogen-bond donors (Lipinski definition) is 1. The lowest BCUT2D eigenvalue weighted by Gasteiger charge is -2.26. The van der Waals surface area contributed by atoms with E-state index >= 15 is 0 Å². The zero-order valence-electron chi connectivity index (χ0n) is 11.2. The summed E-state index contributed by atoms with van der Waals surface area (Å²) in [4.78, 5) is 0. The van der Waals surface area contributed by atoms with E-state index in [-0.39, 0.29) is 5.54 Å². The zero-order valence-corrected chi connectivity index (χ0v) is 11.2.